The van der Waals surface area contributed by atoms with E-state index in [1.807, 2.05) is 0 Å². The van der Waals surface area contributed by atoms with Gasteiger partial charge in [0.25, 0.3) is 22.7 Å². The summed E-state index contributed by atoms with van der Waals surface area (Å²) in [5.41, 5.74) is -5.64. The molecular formula is C21H19N5O12. The van der Waals surface area contributed by atoms with Crippen LogP contribution in [0.15, 0.2) is 36.4 Å². The van der Waals surface area contributed by atoms with Crippen LogP contribution in [0.5, 0.6) is 0 Å². The molecule has 0 amide bonds. The largest absolute Gasteiger partial charge is 0.459 e. The molecule has 17 heteroatoms. The third-order valence-electron chi connectivity index (χ3n) is 5.97. The minimum Gasteiger partial charge on any atom is -0.459 e. The van der Waals surface area contributed by atoms with E-state index in [0.29, 0.717) is 0 Å². The number of hydrogen-bond donors (Lipinski definition) is 1. The van der Waals surface area contributed by atoms with E-state index in [9.17, 15) is 50.0 Å². The van der Waals surface area contributed by atoms with E-state index in [0.717, 1.165) is 36.4 Å². The van der Waals surface area contributed by atoms with Crippen LogP contribution < -0.4 is 5.32 Å². The summed E-state index contributed by atoms with van der Waals surface area (Å²) >= 11 is 0. The molecule has 3 rings (SSSR count). The maximum atomic E-state index is 13.2. The summed E-state index contributed by atoms with van der Waals surface area (Å²) in [6, 6.07) is 6.15. The Labute approximate surface area is 211 Å². The number of rotatable bonds is 10. The molecule has 0 atom stereocenters. The van der Waals surface area contributed by atoms with Crippen molar-refractivity contribution in [2.24, 2.45) is 5.41 Å². The van der Waals surface area contributed by atoms with Gasteiger partial charge in [-0.25, -0.2) is 0 Å². The molecule has 1 N–H and O–H groups in total. The molecule has 2 aromatic rings. The summed E-state index contributed by atoms with van der Waals surface area (Å²) in [6.45, 7) is -1.52. The van der Waals surface area contributed by atoms with Crippen molar-refractivity contribution in [1.29, 1.82) is 0 Å². The first-order chi connectivity index (χ1) is 18.0. The van der Waals surface area contributed by atoms with Gasteiger partial charge in [0.2, 0.25) is 0 Å². The average Bonchev–Trinajstić information content (AvgIpc) is 2.89. The standard InChI is InChI=1S/C21H19N5O12/c27-19(37-11-13-15(23(29)30)3-1-4-16(13)24(31)32)21(7-9-22-10-8-21)20(28)38-12-14-17(25(33)34)5-2-6-18(14)26(35)36/h1-6,22H,7-12H2. The highest BCUT2D eigenvalue weighted by atomic mass is 16.6. The Morgan fingerprint density at radius 3 is 1.29 bits per heavy atom. The summed E-state index contributed by atoms with van der Waals surface area (Å²) in [4.78, 5) is 68.2. The number of piperidine rings is 1. The number of nitro benzene ring substituents is 4. The zero-order valence-corrected chi connectivity index (χ0v) is 19.4. The first-order valence-electron chi connectivity index (χ1n) is 10.9. The van der Waals surface area contributed by atoms with Crippen LogP contribution >= 0.6 is 0 Å². The molecule has 2 aromatic carbocycles. The van der Waals surface area contributed by atoms with Crippen molar-refractivity contribution in [3.05, 3.63) is 88.0 Å². The molecule has 1 saturated heterocycles. The summed E-state index contributed by atoms with van der Waals surface area (Å²) in [7, 11) is 0. The number of nitro groups is 4. The van der Waals surface area contributed by atoms with Crippen LogP contribution in [0, 0.1) is 45.9 Å². The maximum absolute atomic E-state index is 13.2. The van der Waals surface area contributed by atoms with Crippen molar-refractivity contribution in [2.75, 3.05) is 13.1 Å². The minimum atomic E-state index is -1.97. The van der Waals surface area contributed by atoms with Gasteiger partial charge in [-0.1, -0.05) is 0 Å². The molecule has 1 fully saturated rings. The van der Waals surface area contributed by atoms with Gasteiger partial charge in [0, 0.05) is 24.3 Å². The fourth-order valence-electron chi connectivity index (χ4n) is 4.00. The normalized spacial score (nSPS) is 14.2. The predicted octanol–water partition coefficient (Wildman–Crippen LogP) is 2.48. The van der Waals surface area contributed by atoms with Crippen molar-refractivity contribution in [1.82, 2.24) is 5.32 Å². The maximum Gasteiger partial charge on any atom is 0.323 e. The lowest BCUT2D eigenvalue weighted by Gasteiger charge is -2.32. The lowest BCUT2D eigenvalue weighted by molar-refractivity contribution is -0.396. The van der Waals surface area contributed by atoms with E-state index in [1.54, 1.807) is 0 Å². The monoisotopic (exact) mass is 533 g/mol. The van der Waals surface area contributed by atoms with Gasteiger partial charge in [0.05, 0.1) is 19.7 Å². The second-order valence-electron chi connectivity index (χ2n) is 8.06. The fourth-order valence-corrected chi connectivity index (χ4v) is 4.00. The molecule has 1 heterocycles. The quantitative estimate of drug-likeness (QED) is 0.200. The van der Waals surface area contributed by atoms with Crippen LogP contribution in [0.2, 0.25) is 0 Å². The van der Waals surface area contributed by atoms with Gasteiger partial charge in [0.15, 0.2) is 5.41 Å². The van der Waals surface area contributed by atoms with Crippen LogP contribution in [-0.4, -0.2) is 44.7 Å². The van der Waals surface area contributed by atoms with Gasteiger partial charge in [-0.3, -0.25) is 50.0 Å². The van der Waals surface area contributed by atoms with Crippen molar-refractivity contribution >= 4 is 34.7 Å². The summed E-state index contributed by atoms with van der Waals surface area (Å²) in [5.74, 6) is -2.37. The van der Waals surface area contributed by atoms with E-state index in [-0.39, 0.29) is 25.9 Å². The van der Waals surface area contributed by atoms with E-state index in [4.69, 9.17) is 9.47 Å². The average molecular weight is 533 g/mol. The number of carbonyl (C=O) groups is 2. The first kappa shape index (κ1) is 27.5. The van der Waals surface area contributed by atoms with E-state index in [2.05, 4.69) is 5.32 Å². The van der Waals surface area contributed by atoms with E-state index in [1.165, 1.54) is 0 Å². The van der Waals surface area contributed by atoms with E-state index < -0.39 is 84.1 Å². The number of benzene rings is 2. The molecule has 0 radical (unpaired) electrons. The van der Waals surface area contributed by atoms with Crippen LogP contribution in [0.3, 0.4) is 0 Å². The lowest BCUT2D eigenvalue weighted by atomic mass is 9.79. The SMILES string of the molecule is O=C(OCc1c([N+](=O)[O-])cccc1[N+](=O)[O-])C1(C(=O)OCc2c([N+](=O)[O-])cccc2[N+](=O)[O-])CCNCC1. The first-order valence-corrected chi connectivity index (χ1v) is 10.9. The van der Waals surface area contributed by atoms with Crippen LogP contribution in [0.4, 0.5) is 22.7 Å². The number of ether oxygens (including phenoxy) is 2. The van der Waals surface area contributed by atoms with Gasteiger partial charge in [-0.05, 0) is 38.1 Å². The van der Waals surface area contributed by atoms with E-state index >= 15 is 0 Å². The number of nitrogens with one attached hydrogen (secondary N) is 1. The molecule has 200 valence electrons. The second-order valence-corrected chi connectivity index (χ2v) is 8.06. The van der Waals surface area contributed by atoms with Crippen LogP contribution in [0.1, 0.15) is 24.0 Å². The summed E-state index contributed by atoms with van der Waals surface area (Å²) < 4.78 is 10.3. The highest BCUT2D eigenvalue weighted by Crippen LogP contribution is 2.36. The number of esters is 2. The smallest absolute Gasteiger partial charge is 0.323 e. The predicted molar refractivity (Wildman–Crippen MR) is 124 cm³/mol. The van der Waals surface area contributed by atoms with Crippen molar-refractivity contribution < 1.29 is 38.8 Å². The summed E-state index contributed by atoms with van der Waals surface area (Å²) in [5, 5.41) is 48.3. The Hall–Kier alpha value is -5.06. The topological polar surface area (TPSA) is 237 Å². The molecule has 1 aliphatic rings. The Balaban J connectivity index is 1.88. The number of hydrogen-bond acceptors (Lipinski definition) is 13. The van der Waals surface area contributed by atoms with Crippen LogP contribution in [-0.2, 0) is 32.3 Å². The van der Waals surface area contributed by atoms with Gasteiger partial charge in [0.1, 0.15) is 24.3 Å². The second kappa shape index (κ2) is 11.3. The van der Waals surface area contributed by atoms with Gasteiger partial charge in [-0.2, -0.15) is 0 Å². The third-order valence-corrected chi connectivity index (χ3v) is 5.97. The molecule has 0 unspecified atom stereocenters. The third kappa shape index (κ3) is 5.51. The van der Waals surface area contributed by atoms with Crippen LogP contribution in [0.25, 0.3) is 0 Å². The molecule has 0 saturated carbocycles. The molecule has 1 aliphatic heterocycles. The van der Waals surface area contributed by atoms with Gasteiger partial charge in [-0.15, -0.1) is 0 Å². The molecule has 0 spiro atoms. The van der Waals surface area contributed by atoms with Crippen molar-refractivity contribution in [3.63, 3.8) is 0 Å². The molecule has 0 bridgehead atoms. The molecule has 0 aliphatic carbocycles. The fraction of sp³-hybridized carbons (Fsp3) is 0.333. The highest BCUT2D eigenvalue weighted by Gasteiger charge is 2.50. The van der Waals surface area contributed by atoms with Gasteiger partial charge >= 0.3 is 11.9 Å². The lowest BCUT2D eigenvalue weighted by Crippen LogP contribution is -2.49. The molecule has 17 nitrogen and oxygen atoms in total. The molecule has 0 aromatic heterocycles. The zero-order chi connectivity index (χ0) is 28.0. The Morgan fingerprint density at radius 2 is 1.00 bits per heavy atom. The molecule has 38 heavy (non-hydrogen) atoms. The zero-order valence-electron chi connectivity index (χ0n) is 19.4. The Kier molecular flexibility index (Phi) is 8.21. The van der Waals surface area contributed by atoms with Crippen molar-refractivity contribution in [3.8, 4) is 0 Å². The van der Waals surface area contributed by atoms with Crippen molar-refractivity contribution in [2.45, 2.75) is 26.1 Å². The summed E-state index contributed by atoms with van der Waals surface area (Å²) in [6.07, 6.45) is -0.328. The highest BCUT2D eigenvalue weighted by molar-refractivity contribution is 6.00. The Morgan fingerprint density at radius 1 is 0.684 bits per heavy atom. The van der Waals surface area contributed by atoms with Gasteiger partial charge < -0.3 is 14.8 Å². The number of nitrogens with zero attached hydrogens (tertiary/aromatic N) is 4. The molecular weight excluding hydrogens is 514 g/mol. The number of carbonyl (C=O) groups excluding carboxylic acids is 2. The minimum absolute atomic E-state index is 0.140. The Bertz CT molecular complexity index is 1160.